The van der Waals surface area contributed by atoms with Crippen molar-refractivity contribution in [2.24, 2.45) is 0 Å². The summed E-state index contributed by atoms with van der Waals surface area (Å²) >= 11 is 4.36. The number of carbonyl (C=O) groups is 1. The summed E-state index contributed by atoms with van der Waals surface area (Å²) in [4.78, 5) is 16.5. The number of amides is 1. The molecule has 0 aliphatic rings. The number of benzene rings is 1. The van der Waals surface area contributed by atoms with E-state index in [9.17, 15) is 9.18 Å². The lowest BCUT2D eigenvalue weighted by molar-refractivity contribution is 0.103. The quantitative estimate of drug-likeness (QED) is 0.783. The van der Waals surface area contributed by atoms with Crippen molar-refractivity contribution >= 4 is 49.8 Å². The molecule has 0 fully saturated rings. The van der Waals surface area contributed by atoms with Gasteiger partial charge in [0.25, 0.3) is 5.91 Å². The monoisotopic (exact) mass is 358 g/mol. The van der Waals surface area contributed by atoms with Gasteiger partial charge in [-0.15, -0.1) is 0 Å². The number of hydrogen-bond acceptors (Lipinski definition) is 5. The third-order valence-corrected chi connectivity index (χ3v) is 4.05. The topological polar surface area (TPSA) is 80.0 Å². The first-order valence-electron chi connectivity index (χ1n) is 5.77. The Labute approximate surface area is 127 Å². The second-order valence-electron chi connectivity index (χ2n) is 3.84. The van der Waals surface area contributed by atoms with E-state index in [0.29, 0.717) is 26.7 Å². The first kappa shape index (κ1) is 14.7. The summed E-state index contributed by atoms with van der Waals surface area (Å²) in [5.74, 6) is -0.597. The molecule has 0 atom stereocenters. The first-order valence-corrected chi connectivity index (χ1v) is 7.38. The fraction of sp³-hybridized carbons (Fsp3) is 0.167. The molecule has 1 aromatic heterocycles. The molecule has 0 aliphatic carbocycles. The molecule has 5 nitrogen and oxygen atoms in total. The van der Waals surface area contributed by atoms with E-state index in [1.807, 2.05) is 6.92 Å². The average Bonchev–Trinajstić information content (AvgIpc) is 2.74. The molecule has 1 aromatic carbocycles. The van der Waals surface area contributed by atoms with Gasteiger partial charge in [-0.05, 0) is 41.1 Å². The molecule has 106 valence electrons. The van der Waals surface area contributed by atoms with Gasteiger partial charge >= 0.3 is 0 Å². The predicted octanol–water partition coefficient (Wildman–Crippen LogP) is 3.31. The van der Waals surface area contributed by atoms with Gasteiger partial charge in [0.2, 0.25) is 0 Å². The number of nitrogens with one attached hydrogen (secondary N) is 2. The SMILES string of the molecule is CCNc1nc(N)c(C(=O)Nc2ccc(F)cc2Br)s1. The maximum absolute atomic E-state index is 13.0. The van der Waals surface area contributed by atoms with Crippen LogP contribution >= 0.6 is 27.3 Å². The van der Waals surface area contributed by atoms with Crippen LogP contribution < -0.4 is 16.4 Å². The van der Waals surface area contributed by atoms with Crippen LogP contribution in [-0.4, -0.2) is 17.4 Å². The number of anilines is 3. The summed E-state index contributed by atoms with van der Waals surface area (Å²) in [6, 6.07) is 4.01. The number of thiazole rings is 1. The van der Waals surface area contributed by atoms with Crippen LogP contribution in [0.15, 0.2) is 22.7 Å². The second kappa shape index (κ2) is 6.19. The predicted molar refractivity (Wildman–Crippen MR) is 82.7 cm³/mol. The highest BCUT2D eigenvalue weighted by Gasteiger charge is 2.17. The largest absolute Gasteiger partial charge is 0.382 e. The summed E-state index contributed by atoms with van der Waals surface area (Å²) in [7, 11) is 0. The molecule has 0 radical (unpaired) electrons. The number of nitrogens with zero attached hydrogens (tertiary/aromatic N) is 1. The molecule has 8 heteroatoms. The number of rotatable bonds is 4. The Morgan fingerprint density at radius 2 is 2.30 bits per heavy atom. The molecule has 4 N–H and O–H groups in total. The standard InChI is InChI=1S/C12H12BrFN4OS/c1-2-16-12-18-10(15)9(20-12)11(19)17-8-4-3-6(14)5-7(8)13/h3-5H,2,15H2,1H3,(H,16,18)(H,17,19). The van der Waals surface area contributed by atoms with E-state index in [0.717, 1.165) is 0 Å². The minimum absolute atomic E-state index is 0.168. The molecular weight excluding hydrogens is 347 g/mol. The number of nitrogens with two attached hydrogens (primary N) is 1. The number of hydrogen-bond donors (Lipinski definition) is 3. The summed E-state index contributed by atoms with van der Waals surface area (Å²) < 4.78 is 13.4. The highest BCUT2D eigenvalue weighted by atomic mass is 79.9. The Balaban J connectivity index is 2.19. The molecule has 0 unspecified atom stereocenters. The normalized spacial score (nSPS) is 10.3. The van der Waals surface area contributed by atoms with Gasteiger partial charge in [-0.3, -0.25) is 4.79 Å². The fourth-order valence-electron chi connectivity index (χ4n) is 1.49. The maximum atomic E-state index is 13.0. The van der Waals surface area contributed by atoms with Gasteiger partial charge in [-0.25, -0.2) is 9.37 Å². The van der Waals surface area contributed by atoms with Crippen LogP contribution in [0.3, 0.4) is 0 Å². The van der Waals surface area contributed by atoms with Crippen molar-refractivity contribution in [2.45, 2.75) is 6.92 Å². The molecule has 0 saturated heterocycles. The van der Waals surface area contributed by atoms with Crippen molar-refractivity contribution in [3.63, 3.8) is 0 Å². The van der Waals surface area contributed by atoms with E-state index < -0.39 is 0 Å². The third kappa shape index (κ3) is 3.26. The molecule has 1 heterocycles. The van der Waals surface area contributed by atoms with Crippen molar-refractivity contribution in [1.82, 2.24) is 4.98 Å². The molecule has 2 aromatic rings. The molecular formula is C12H12BrFN4OS. The van der Waals surface area contributed by atoms with E-state index in [1.165, 1.54) is 29.5 Å². The van der Waals surface area contributed by atoms with Gasteiger partial charge in [-0.2, -0.15) is 0 Å². The van der Waals surface area contributed by atoms with E-state index >= 15 is 0 Å². The highest BCUT2D eigenvalue weighted by molar-refractivity contribution is 9.10. The third-order valence-electron chi connectivity index (χ3n) is 2.37. The van der Waals surface area contributed by atoms with E-state index in [1.54, 1.807) is 0 Å². The summed E-state index contributed by atoms with van der Waals surface area (Å²) in [5, 5.41) is 6.25. The second-order valence-corrected chi connectivity index (χ2v) is 5.70. The lowest BCUT2D eigenvalue weighted by Gasteiger charge is -2.06. The van der Waals surface area contributed by atoms with Crippen LogP contribution in [0.2, 0.25) is 0 Å². The minimum Gasteiger partial charge on any atom is -0.382 e. The average molecular weight is 359 g/mol. The van der Waals surface area contributed by atoms with Crippen LogP contribution in [0.25, 0.3) is 0 Å². The van der Waals surface area contributed by atoms with Crippen LogP contribution in [0.1, 0.15) is 16.6 Å². The van der Waals surface area contributed by atoms with Crippen molar-refractivity contribution in [3.8, 4) is 0 Å². The molecule has 0 spiro atoms. The smallest absolute Gasteiger partial charge is 0.269 e. The van der Waals surface area contributed by atoms with Crippen molar-refractivity contribution in [3.05, 3.63) is 33.4 Å². The zero-order chi connectivity index (χ0) is 14.7. The van der Waals surface area contributed by atoms with Crippen LogP contribution in [0.5, 0.6) is 0 Å². The molecule has 2 rings (SSSR count). The van der Waals surface area contributed by atoms with Gasteiger partial charge < -0.3 is 16.4 Å². The fourth-order valence-corrected chi connectivity index (χ4v) is 2.79. The van der Waals surface area contributed by atoms with E-state index in [-0.39, 0.29) is 17.5 Å². The van der Waals surface area contributed by atoms with E-state index in [2.05, 4.69) is 31.5 Å². The summed E-state index contributed by atoms with van der Waals surface area (Å²) in [6.45, 7) is 2.62. The van der Waals surface area contributed by atoms with Gasteiger partial charge in [-0.1, -0.05) is 11.3 Å². The lowest BCUT2D eigenvalue weighted by atomic mass is 10.3. The zero-order valence-electron chi connectivity index (χ0n) is 10.5. The van der Waals surface area contributed by atoms with Crippen molar-refractivity contribution in [1.29, 1.82) is 0 Å². The van der Waals surface area contributed by atoms with Gasteiger partial charge in [0.15, 0.2) is 5.13 Å². The Hall–Kier alpha value is -1.67. The Kier molecular flexibility index (Phi) is 4.56. The van der Waals surface area contributed by atoms with Gasteiger partial charge in [0.1, 0.15) is 16.5 Å². The zero-order valence-corrected chi connectivity index (χ0v) is 12.9. The van der Waals surface area contributed by atoms with Crippen LogP contribution in [0, 0.1) is 5.82 Å². The number of halogens is 2. The maximum Gasteiger partial charge on any atom is 0.269 e. The lowest BCUT2D eigenvalue weighted by Crippen LogP contribution is -2.12. The first-order chi connectivity index (χ1) is 9.51. The summed E-state index contributed by atoms with van der Waals surface area (Å²) in [6.07, 6.45) is 0. The highest BCUT2D eigenvalue weighted by Crippen LogP contribution is 2.28. The summed E-state index contributed by atoms with van der Waals surface area (Å²) in [5.41, 5.74) is 6.18. The molecule has 1 amide bonds. The van der Waals surface area contributed by atoms with Gasteiger partial charge in [0, 0.05) is 11.0 Å². The Morgan fingerprint density at radius 1 is 1.55 bits per heavy atom. The molecule has 0 aliphatic heterocycles. The number of carbonyl (C=O) groups excluding carboxylic acids is 1. The van der Waals surface area contributed by atoms with Crippen molar-refractivity contribution < 1.29 is 9.18 Å². The van der Waals surface area contributed by atoms with E-state index in [4.69, 9.17) is 5.73 Å². The molecule has 20 heavy (non-hydrogen) atoms. The minimum atomic E-state index is -0.387. The van der Waals surface area contributed by atoms with Gasteiger partial charge in [0.05, 0.1) is 5.69 Å². The Morgan fingerprint density at radius 3 is 2.95 bits per heavy atom. The molecule has 0 bridgehead atoms. The van der Waals surface area contributed by atoms with Crippen LogP contribution in [0.4, 0.5) is 21.0 Å². The Bertz CT molecular complexity index is 646. The number of nitrogen functional groups attached to an aromatic ring is 1. The van der Waals surface area contributed by atoms with Crippen molar-refractivity contribution in [2.75, 3.05) is 22.9 Å². The van der Waals surface area contributed by atoms with Crippen LogP contribution in [-0.2, 0) is 0 Å². The number of aromatic nitrogens is 1. The molecule has 0 saturated carbocycles.